The molecule has 0 saturated carbocycles. The lowest BCUT2D eigenvalue weighted by atomic mass is 10.1. The number of piperazine rings is 1. The van der Waals surface area contributed by atoms with Crippen molar-refractivity contribution in [3.63, 3.8) is 0 Å². The van der Waals surface area contributed by atoms with E-state index < -0.39 is 11.2 Å². The van der Waals surface area contributed by atoms with Crippen molar-refractivity contribution in [1.29, 1.82) is 0 Å². The lowest BCUT2D eigenvalue weighted by molar-refractivity contribution is 0.247. The molecule has 150 valence electrons. The van der Waals surface area contributed by atoms with Crippen molar-refractivity contribution in [3.05, 3.63) is 62.3 Å². The molecule has 1 aromatic heterocycles. The van der Waals surface area contributed by atoms with E-state index in [0.717, 1.165) is 38.3 Å². The molecule has 3 rings (SSSR count). The highest BCUT2D eigenvalue weighted by molar-refractivity contribution is 6.01. The fraction of sp³-hybridized carbons (Fsp3) is 0.450. The third-order valence-electron chi connectivity index (χ3n) is 4.91. The van der Waals surface area contributed by atoms with Crippen LogP contribution in [0.25, 0.3) is 0 Å². The third kappa shape index (κ3) is 4.76. The molecule has 1 aromatic carbocycles. The molecule has 8 heteroatoms. The summed E-state index contributed by atoms with van der Waals surface area (Å²) in [5.74, 6) is -0.333. The molecule has 8 nitrogen and oxygen atoms in total. The van der Waals surface area contributed by atoms with Gasteiger partial charge >= 0.3 is 5.69 Å². The molecule has 0 spiro atoms. The molecular weight excluding hydrogens is 358 g/mol. The Morgan fingerprint density at radius 1 is 1.18 bits per heavy atom. The van der Waals surface area contributed by atoms with E-state index in [1.54, 1.807) is 0 Å². The smallest absolute Gasteiger partial charge is 0.331 e. The van der Waals surface area contributed by atoms with Gasteiger partial charge in [0.1, 0.15) is 5.56 Å². The minimum atomic E-state index is -0.633. The van der Waals surface area contributed by atoms with Crippen molar-refractivity contribution in [2.24, 2.45) is 4.99 Å². The van der Waals surface area contributed by atoms with E-state index in [9.17, 15) is 14.7 Å². The molecule has 2 aromatic rings. The topological polar surface area (TPSA) is 103 Å². The minimum Gasteiger partial charge on any atom is -0.494 e. The van der Waals surface area contributed by atoms with Crippen LogP contribution in [-0.2, 0) is 6.54 Å². The van der Waals surface area contributed by atoms with Crippen LogP contribution >= 0.6 is 0 Å². The Morgan fingerprint density at radius 3 is 2.57 bits per heavy atom. The summed E-state index contributed by atoms with van der Waals surface area (Å²) >= 11 is 0. The standard InChI is InChI=1S/C20H27N5O3/c1-2-16(22-10-13-24-11-8-21-9-12-24)17-18(26)23-20(28)25(19(17)27)14-15-6-4-3-5-7-15/h3-7,21,27H,2,8-14H2,1H3,(H,23,26,28). The van der Waals surface area contributed by atoms with Crippen LogP contribution in [0.5, 0.6) is 5.88 Å². The number of nitrogens with one attached hydrogen (secondary N) is 2. The van der Waals surface area contributed by atoms with Crippen LogP contribution < -0.4 is 16.6 Å². The lowest BCUT2D eigenvalue weighted by Gasteiger charge is -2.26. The van der Waals surface area contributed by atoms with E-state index in [0.29, 0.717) is 18.7 Å². The largest absolute Gasteiger partial charge is 0.494 e. The maximum absolute atomic E-state index is 12.4. The molecule has 0 radical (unpaired) electrons. The number of hydrogen-bond donors (Lipinski definition) is 3. The molecule has 0 unspecified atom stereocenters. The first-order valence-electron chi connectivity index (χ1n) is 9.67. The molecule has 0 aliphatic carbocycles. The Bertz CT molecular complexity index is 927. The number of benzene rings is 1. The number of aliphatic imine (C=N–C) groups is 1. The monoisotopic (exact) mass is 385 g/mol. The zero-order valence-corrected chi connectivity index (χ0v) is 16.1. The minimum absolute atomic E-state index is 0.0818. The van der Waals surface area contributed by atoms with Crippen LogP contribution in [0.1, 0.15) is 24.5 Å². The van der Waals surface area contributed by atoms with Gasteiger partial charge in [0.05, 0.1) is 18.8 Å². The first-order valence-corrected chi connectivity index (χ1v) is 9.67. The van der Waals surface area contributed by atoms with Crippen molar-refractivity contribution in [2.75, 3.05) is 39.3 Å². The molecule has 1 aliphatic rings. The van der Waals surface area contributed by atoms with Crippen LogP contribution in [0.4, 0.5) is 0 Å². The Hall–Kier alpha value is -2.71. The lowest BCUT2D eigenvalue weighted by Crippen LogP contribution is -2.44. The second-order valence-electron chi connectivity index (χ2n) is 6.80. The highest BCUT2D eigenvalue weighted by atomic mass is 16.3. The summed E-state index contributed by atoms with van der Waals surface area (Å²) in [7, 11) is 0. The number of hydrogen-bond acceptors (Lipinski definition) is 6. The van der Waals surface area contributed by atoms with Crippen LogP contribution in [0.2, 0.25) is 0 Å². The molecule has 1 fully saturated rings. The van der Waals surface area contributed by atoms with Crippen LogP contribution in [0.3, 0.4) is 0 Å². The molecule has 1 aliphatic heterocycles. The molecular formula is C20H27N5O3. The number of aromatic hydroxyl groups is 1. The molecule has 1 saturated heterocycles. The number of H-pyrrole nitrogens is 1. The highest BCUT2D eigenvalue weighted by Gasteiger charge is 2.18. The van der Waals surface area contributed by atoms with Gasteiger partial charge in [0, 0.05) is 32.7 Å². The summed E-state index contributed by atoms with van der Waals surface area (Å²) in [6, 6.07) is 9.32. The van der Waals surface area contributed by atoms with Gasteiger partial charge in [0.15, 0.2) is 0 Å². The van der Waals surface area contributed by atoms with Crippen molar-refractivity contribution in [3.8, 4) is 5.88 Å². The van der Waals surface area contributed by atoms with Gasteiger partial charge in [-0.15, -0.1) is 0 Å². The molecule has 0 bridgehead atoms. The normalized spacial score (nSPS) is 15.7. The summed E-state index contributed by atoms with van der Waals surface area (Å²) in [4.78, 5) is 33.8. The summed E-state index contributed by atoms with van der Waals surface area (Å²) in [6.07, 6.45) is 0.488. The quantitative estimate of drug-likeness (QED) is 0.599. The van der Waals surface area contributed by atoms with E-state index in [1.807, 2.05) is 37.3 Å². The van der Waals surface area contributed by atoms with Gasteiger partial charge in [-0.1, -0.05) is 37.3 Å². The van der Waals surface area contributed by atoms with Gasteiger partial charge in [0.2, 0.25) is 5.88 Å². The SMILES string of the molecule is CCC(=NCCN1CCNCC1)c1c(O)n(Cc2ccccc2)c(=O)[nH]c1=O. The van der Waals surface area contributed by atoms with E-state index >= 15 is 0 Å². The van der Waals surface area contributed by atoms with E-state index in [2.05, 4.69) is 20.2 Å². The van der Waals surface area contributed by atoms with Crippen LogP contribution in [-0.4, -0.2) is 64.5 Å². The third-order valence-corrected chi connectivity index (χ3v) is 4.91. The molecule has 0 amide bonds. The number of nitrogens with zero attached hydrogens (tertiary/aromatic N) is 3. The maximum Gasteiger partial charge on any atom is 0.331 e. The number of aromatic amines is 1. The van der Waals surface area contributed by atoms with Crippen LogP contribution in [0.15, 0.2) is 44.9 Å². The van der Waals surface area contributed by atoms with Crippen molar-refractivity contribution in [2.45, 2.75) is 19.9 Å². The Kier molecular flexibility index (Phi) is 6.78. The fourth-order valence-corrected chi connectivity index (χ4v) is 3.36. The summed E-state index contributed by atoms with van der Waals surface area (Å²) in [5.41, 5.74) is 0.210. The summed E-state index contributed by atoms with van der Waals surface area (Å²) < 4.78 is 1.17. The zero-order valence-electron chi connectivity index (χ0n) is 16.1. The highest BCUT2D eigenvalue weighted by Crippen LogP contribution is 2.15. The summed E-state index contributed by atoms with van der Waals surface area (Å²) in [6.45, 7) is 7.29. The van der Waals surface area contributed by atoms with Crippen molar-refractivity contribution < 1.29 is 5.11 Å². The predicted molar refractivity (Wildman–Crippen MR) is 110 cm³/mol. The van der Waals surface area contributed by atoms with Crippen molar-refractivity contribution >= 4 is 5.71 Å². The second-order valence-corrected chi connectivity index (χ2v) is 6.80. The number of rotatable bonds is 7. The van der Waals surface area contributed by atoms with Gasteiger partial charge in [-0.25, -0.2) is 4.79 Å². The average molecular weight is 385 g/mol. The molecule has 28 heavy (non-hydrogen) atoms. The van der Waals surface area contributed by atoms with Gasteiger partial charge in [-0.05, 0) is 12.0 Å². The second kappa shape index (κ2) is 9.48. The van der Waals surface area contributed by atoms with Gasteiger partial charge < -0.3 is 10.4 Å². The van der Waals surface area contributed by atoms with Gasteiger partial charge in [0.25, 0.3) is 5.56 Å². The molecule has 0 atom stereocenters. The fourth-order valence-electron chi connectivity index (χ4n) is 3.36. The first-order chi connectivity index (χ1) is 13.6. The van der Waals surface area contributed by atoms with Gasteiger partial charge in [-0.2, -0.15) is 0 Å². The Labute approximate surface area is 163 Å². The average Bonchev–Trinajstić information content (AvgIpc) is 2.71. The van der Waals surface area contributed by atoms with E-state index in [4.69, 9.17) is 0 Å². The molecule has 3 N–H and O–H groups in total. The zero-order chi connectivity index (χ0) is 19.9. The van der Waals surface area contributed by atoms with Crippen molar-refractivity contribution in [1.82, 2.24) is 19.8 Å². The van der Waals surface area contributed by atoms with E-state index in [-0.39, 0.29) is 18.0 Å². The number of aromatic nitrogens is 2. The van der Waals surface area contributed by atoms with E-state index in [1.165, 1.54) is 4.57 Å². The Morgan fingerprint density at radius 2 is 1.89 bits per heavy atom. The van der Waals surface area contributed by atoms with Crippen LogP contribution in [0, 0.1) is 0 Å². The maximum atomic E-state index is 12.4. The summed E-state index contributed by atoms with van der Waals surface area (Å²) in [5, 5.41) is 14.0. The predicted octanol–water partition coefficient (Wildman–Crippen LogP) is 0.395. The first kappa shape index (κ1) is 20.0. The molecule has 2 heterocycles. The van der Waals surface area contributed by atoms with Gasteiger partial charge in [-0.3, -0.25) is 24.2 Å². The Balaban J connectivity index is 1.86.